The van der Waals surface area contributed by atoms with Gasteiger partial charge in [0.05, 0.1) is 32.2 Å². The molecule has 0 unspecified atom stereocenters. The van der Waals surface area contributed by atoms with E-state index in [9.17, 15) is 22.8 Å². The van der Waals surface area contributed by atoms with Crippen LogP contribution in [0.25, 0.3) is 11.1 Å². The Hall–Kier alpha value is -4.01. The molecule has 1 heterocycles. The summed E-state index contributed by atoms with van der Waals surface area (Å²) in [6.07, 6.45) is -5.16. The summed E-state index contributed by atoms with van der Waals surface area (Å²) in [6.45, 7) is 0.338. The minimum absolute atomic E-state index is 0.0165. The summed E-state index contributed by atoms with van der Waals surface area (Å²) in [4.78, 5) is 25.2. The van der Waals surface area contributed by atoms with Gasteiger partial charge in [0, 0.05) is 5.56 Å². The van der Waals surface area contributed by atoms with Crippen LogP contribution < -0.4 is 4.74 Å². The van der Waals surface area contributed by atoms with Gasteiger partial charge in [0.1, 0.15) is 18.1 Å². The Kier molecular flexibility index (Phi) is 6.95. The molecule has 35 heavy (non-hydrogen) atoms. The van der Waals surface area contributed by atoms with Crippen molar-refractivity contribution in [3.63, 3.8) is 0 Å². The summed E-state index contributed by atoms with van der Waals surface area (Å²) in [5.41, 5.74) is 1.66. The highest BCUT2D eigenvalue weighted by molar-refractivity contribution is 5.78. The molecule has 1 aliphatic heterocycles. The van der Waals surface area contributed by atoms with E-state index in [2.05, 4.69) is 0 Å². The van der Waals surface area contributed by atoms with Gasteiger partial charge < -0.3 is 19.1 Å². The fourth-order valence-electron chi connectivity index (χ4n) is 3.79. The normalized spacial score (nSPS) is 13.5. The largest absolute Gasteiger partial charge is 0.469 e. The van der Waals surface area contributed by atoms with E-state index in [0.29, 0.717) is 11.3 Å². The van der Waals surface area contributed by atoms with Gasteiger partial charge in [0.25, 0.3) is 0 Å². The zero-order valence-electron chi connectivity index (χ0n) is 18.8. The van der Waals surface area contributed by atoms with E-state index in [1.54, 1.807) is 18.2 Å². The number of halogens is 3. The van der Waals surface area contributed by atoms with Crippen LogP contribution in [0.4, 0.5) is 18.0 Å². The fourth-order valence-corrected chi connectivity index (χ4v) is 3.79. The number of carbonyl (C=O) groups excluding carboxylic acids is 2. The second-order valence-electron chi connectivity index (χ2n) is 7.90. The van der Waals surface area contributed by atoms with Crippen LogP contribution in [0.2, 0.25) is 0 Å². The average molecular weight is 485 g/mol. The Labute approximate surface area is 199 Å². The van der Waals surface area contributed by atoms with Crippen molar-refractivity contribution in [3.8, 4) is 22.6 Å². The Morgan fingerprint density at radius 3 is 2.46 bits per heavy atom. The Balaban J connectivity index is 1.69. The fraction of sp³-hybridized carbons (Fsp3) is 0.231. The maximum absolute atomic E-state index is 13.3. The molecule has 0 aliphatic carbocycles. The standard InChI is InChI=1S/C26H22F3NO5/c1-33-24(31)15-18-14-21(8-9-22(18)17-5-3-2-4-6-17)35-23-10-7-20(26(27,28)29)13-19(23)16-30-11-12-34-25(30)32/h2-10,13-14H,11-12,15-16H2,1H3. The van der Waals surface area contributed by atoms with Crippen LogP contribution >= 0.6 is 0 Å². The smallest absolute Gasteiger partial charge is 0.416 e. The molecule has 0 radical (unpaired) electrons. The van der Waals surface area contributed by atoms with Gasteiger partial charge in [-0.15, -0.1) is 0 Å². The number of ether oxygens (including phenoxy) is 3. The number of hydrogen-bond acceptors (Lipinski definition) is 5. The van der Waals surface area contributed by atoms with Gasteiger partial charge in [0.2, 0.25) is 0 Å². The lowest BCUT2D eigenvalue weighted by Gasteiger charge is -2.19. The van der Waals surface area contributed by atoms with Gasteiger partial charge in [-0.25, -0.2) is 4.79 Å². The molecular formula is C26H22F3NO5. The van der Waals surface area contributed by atoms with Gasteiger partial charge in [-0.3, -0.25) is 4.79 Å². The van der Waals surface area contributed by atoms with E-state index >= 15 is 0 Å². The third-order valence-electron chi connectivity index (χ3n) is 5.55. The van der Waals surface area contributed by atoms with E-state index in [4.69, 9.17) is 14.2 Å². The van der Waals surface area contributed by atoms with Crippen molar-refractivity contribution < 1.29 is 37.0 Å². The number of esters is 1. The number of cyclic esters (lactones) is 1. The van der Waals surface area contributed by atoms with Crippen molar-refractivity contribution >= 4 is 12.1 Å². The molecule has 0 saturated carbocycles. The van der Waals surface area contributed by atoms with Crippen LogP contribution in [0.15, 0.2) is 66.7 Å². The summed E-state index contributed by atoms with van der Waals surface area (Å²) < 4.78 is 55.7. The van der Waals surface area contributed by atoms with Crippen molar-refractivity contribution in [2.45, 2.75) is 19.1 Å². The molecular weight excluding hydrogens is 463 g/mol. The van der Waals surface area contributed by atoms with E-state index in [0.717, 1.165) is 23.3 Å². The molecule has 4 rings (SSSR count). The van der Waals surface area contributed by atoms with Crippen LogP contribution in [0.3, 0.4) is 0 Å². The SMILES string of the molecule is COC(=O)Cc1cc(Oc2ccc(C(F)(F)F)cc2CN2CCOC2=O)ccc1-c1ccccc1. The van der Waals surface area contributed by atoms with Crippen molar-refractivity contribution in [3.05, 3.63) is 83.4 Å². The van der Waals surface area contributed by atoms with E-state index in [-0.39, 0.29) is 37.4 Å². The van der Waals surface area contributed by atoms with Gasteiger partial charge in [0.15, 0.2) is 0 Å². The summed E-state index contributed by atoms with van der Waals surface area (Å²) in [5.74, 6) is 0.0462. The number of hydrogen-bond donors (Lipinski definition) is 0. The van der Waals surface area contributed by atoms with Crippen LogP contribution in [0.5, 0.6) is 11.5 Å². The predicted octanol–water partition coefficient (Wildman–Crippen LogP) is 5.83. The highest BCUT2D eigenvalue weighted by Gasteiger charge is 2.32. The second kappa shape index (κ2) is 10.1. The predicted molar refractivity (Wildman–Crippen MR) is 121 cm³/mol. The maximum Gasteiger partial charge on any atom is 0.416 e. The highest BCUT2D eigenvalue weighted by Crippen LogP contribution is 2.36. The molecule has 1 aliphatic rings. The number of carbonyl (C=O) groups is 2. The zero-order chi connectivity index (χ0) is 25.0. The first-order chi connectivity index (χ1) is 16.7. The molecule has 3 aromatic carbocycles. The Bertz CT molecular complexity index is 1230. The first kappa shape index (κ1) is 24.1. The number of methoxy groups -OCH3 is 1. The molecule has 0 bridgehead atoms. The van der Waals surface area contributed by atoms with Gasteiger partial charge >= 0.3 is 18.2 Å². The van der Waals surface area contributed by atoms with Crippen LogP contribution in [-0.2, 0) is 33.4 Å². The van der Waals surface area contributed by atoms with Crippen LogP contribution in [0.1, 0.15) is 16.7 Å². The first-order valence-corrected chi connectivity index (χ1v) is 10.8. The molecule has 3 aromatic rings. The molecule has 6 nitrogen and oxygen atoms in total. The van der Waals surface area contributed by atoms with Gasteiger partial charge in [-0.1, -0.05) is 36.4 Å². The number of alkyl halides is 3. The molecule has 9 heteroatoms. The molecule has 182 valence electrons. The quantitative estimate of drug-likeness (QED) is 0.394. The summed E-state index contributed by atoms with van der Waals surface area (Å²) in [6, 6.07) is 17.7. The third kappa shape index (κ3) is 5.74. The molecule has 1 saturated heterocycles. The van der Waals surface area contributed by atoms with Crippen LogP contribution in [-0.4, -0.2) is 37.2 Å². The highest BCUT2D eigenvalue weighted by atomic mass is 19.4. The third-order valence-corrected chi connectivity index (χ3v) is 5.55. The van der Waals surface area contributed by atoms with Gasteiger partial charge in [-0.2, -0.15) is 13.2 Å². The van der Waals surface area contributed by atoms with E-state index < -0.39 is 23.8 Å². The molecule has 0 N–H and O–H groups in total. The first-order valence-electron chi connectivity index (χ1n) is 10.8. The second-order valence-corrected chi connectivity index (χ2v) is 7.90. The Morgan fingerprint density at radius 2 is 1.80 bits per heavy atom. The minimum atomic E-state index is -4.55. The lowest BCUT2D eigenvalue weighted by Crippen LogP contribution is -2.24. The summed E-state index contributed by atoms with van der Waals surface area (Å²) in [5, 5.41) is 0. The molecule has 0 spiro atoms. The topological polar surface area (TPSA) is 65.1 Å². The van der Waals surface area contributed by atoms with Gasteiger partial charge in [-0.05, 0) is 47.0 Å². The lowest BCUT2D eigenvalue weighted by molar-refractivity contribution is -0.140. The molecule has 0 aromatic heterocycles. The number of benzene rings is 3. The summed E-state index contributed by atoms with van der Waals surface area (Å²) >= 11 is 0. The lowest BCUT2D eigenvalue weighted by atomic mass is 9.97. The minimum Gasteiger partial charge on any atom is -0.469 e. The van der Waals surface area contributed by atoms with Crippen molar-refractivity contribution in [1.82, 2.24) is 4.90 Å². The number of nitrogens with zero attached hydrogens (tertiary/aromatic N) is 1. The molecule has 1 fully saturated rings. The van der Waals surface area contributed by atoms with Crippen molar-refractivity contribution in [2.75, 3.05) is 20.3 Å². The van der Waals surface area contributed by atoms with Crippen molar-refractivity contribution in [2.24, 2.45) is 0 Å². The average Bonchev–Trinajstić information content (AvgIpc) is 3.24. The monoisotopic (exact) mass is 485 g/mol. The summed E-state index contributed by atoms with van der Waals surface area (Å²) in [7, 11) is 1.29. The number of rotatable bonds is 7. The molecule has 1 amide bonds. The van der Waals surface area contributed by atoms with Crippen LogP contribution in [0, 0.1) is 0 Å². The van der Waals surface area contributed by atoms with E-state index in [1.807, 2.05) is 30.3 Å². The Morgan fingerprint density at radius 1 is 1.03 bits per heavy atom. The maximum atomic E-state index is 13.3. The van der Waals surface area contributed by atoms with Crippen molar-refractivity contribution in [1.29, 1.82) is 0 Å². The zero-order valence-corrected chi connectivity index (χ0v) is 18.8. The van der Waals surface area contributed by atoms with E-state index in [1.165, 1.54) is 18.1 Å². The number of amides is 1. The molecule has 0 atom stereocenters.